The molecule has 0 radical (unpaired) electrons. The molecule has 0 atom stereocenters. The molecule has 0 aliphatic rings. The maximum atomic E-state index is 12.3. The maximum Gasteiger partial charge on any atom is 0.257 e. The van der Waals surface area contributed by atoms with Crippen LogP contribution >= 0.6 is 0 Å². The fourth-order valence-electron chi connectivity index (χ4n) is 1.95. The molecule has 0 spiro atoms. The van der Waals surface area contributed by atoms with E-state index in [1.165, 1.54) is 6.20 Å². The van der Waals surface area contributed by atoms with Crippen LogP contribution in [-0.4, -0.2) is 41.5 Å². The van der Waals surface area contributed by atoms with Crippen LogP contribution in [0.5, 0.6) is 0 Å². The van der Waals surface area contributed by atoms with Gasteiger partial charge >= 0.3 is 0 Å². The van der Waals surface area contributed by atoms with Crippen LogP contribution in [0, 0.1) is 0 Å². The number of hydrogen-bond donors (Lipinski definition) is 3. The standard InChI is InChI=1S/C12H20N6O2S/c1-3-13-8-10-9-14-17-12(10)21(19,20)16-7-5-11-4-6-15-18(11)2/h4,6,9,13,16H,3,5,7-8H2,1-2H3,(H,14,17). The highest BCUT2D eigenvalue weighted by Gasteiger charge is 2.20. The summed E-state index contributed by atoms with van der Waals surface area (Å²) < 4.78 is 28.8. The number of nitrogens with zero attached hydrogens (tertiary/aromatic N) is 3. The van der Waals surface area contributed by atoms with Gasteiger partial charge in [-0.2, -0.15) is 10.2 Å². The molecule has 0 saturated heterocycles. The van der Waals surface area contributed by atoms with Crippen LogP contribution in [0.25, 0.3) is 0 Å². The van der Waals surface area contributed by atoms with Gasteiger partial charge in [0.05, 0.1) is 6.20 Å². The topological polar surface area (TPSA) is 105 Å². The van der Waals surface area contributed by atoms with Crippen molar-refractivity contribution in [3.63, 3.8) is 0 Å². The lowest BCUT2D eigenvalue weighted by Crippen LogP contribution is -2.28. The molecule has 2 rings (SSSR count). The first-order chi connectivity index (χ1) is 10.0. The summed E-state index contributed by atoms with van der Waals surface area (Å²) in [4.78, 5) is 0. The Kier molecular flexibility index (Phi) is 5.10. The van der Waals surface area contributed by atoms with E-state index in [0.717, 1.165) is 12.2 Å². The van der Waals surface area contributed by atoms with Gasteiger partial charge in [0.25, 0.3) is 10.0 Å². The van der Waals surface area contributed by atoms with Gasteiger partial charge in [-0.1, -0.05) is 6.92 Å². The minimum atomic E-state index is -3.58. The quantitative estimate of drug-likeness (QED) is 0.625. The van der Waals surface area contributed by atoms with E-state index in [2.05, 4.69) is 25.3 Å². The highest BCUT2D eigenvalue weighted by atomic mass is 32.2. The minimum Gasteiger partial charge on any atom is -0.313 e. The van der Waals surface area contributed by atoms with Crippen molar-refractivity contribution in [2.24, 2.45) is 7.05 Å². The summed E-state index contributed by atoms with van der Waals surface area (Å²) in [5.41, 5.74) is 1.60. The van der Waals surface area contributed by atoms with Crippen LogP contribution in [0.2, 0.25) is 0 Å². The smallest absolute Gasteiger partial charge is 0.257 e. The third-order valence-electron chi connectivity index (χ3n) is 3.11. The summed E-state index contributed by atoms with van der Waals surface area (Å²) in [6, 6.07) is 1.86. The van der Waals surface area contributed by atoms with Crippen molar-refractivity contribution in [1.82, 2.24) is 30.0 Å². The molecule has 0 aromatic carbocycles. The molecule has 0 aliphatic heterocycles. The molecule has 9 heteroatoms. The molecule has 3 N–H and O–H groups in total. The van der Waals surface area contributed by atoms with E-state index in [9.17, 15) is 8.42 Å². The summed E-state index contributed by atoms with van der Waals surface area (Å²) in [6.45, 7) is 3.49. The number of nitrogens with one attached hydrogen (secondary N) is 3. The van der Waals surface area contributed by atoms with Crippen molar-refractivity contribution < 1.29 is 8.42 Å². The second-order valence-electron chi connectivity index (χ2n) is 4.60. The van der Waals surface area contributed by atoms with Gasteiger partial charge in [-0.3, -0.25) is 9.78 Å². The van der Waals surface area contributed by atoms with Crippen LogP contribution in [0.4, 0.5) is 0 Å². The summed E-state index contributed by atoms with van der Waals surface area (Å²) in [5, 5.41) is 13.6. The zero-order valence-corrected chi connectivity index (χ0v) is 12.9. The van der Waals surface area contributed by atoms with E-state index >= 15 is 0 Å². The molecule has 0 amide bonds. The molecule has 0 bridgehead atoms. The molecule has 2 heterocycles. The van der Waals surface area contributed by atoms with Gasteiger partial charge in [0.2, 0.25) is 0 Å². The van der Waals surface area contributed by atoms with Gasteiger partial charge in [-0.15, -0.1) is 0 Å². The lowest BCUT2D eigenvalue weighted by Gasteiger charge is -2.07. The predicted molar refractivity (Wildman–Crippen MR) is 78.1 cm³/mol. The van der Waals surface area contributed by atoms with Crippen LogP contribution in [-0.2, 0) is 30.0 Å². The average molecular weight is 312 g/mol. The summed E-state index contributed by atoms with van der Waals surface area (Å²) in [6.07, 6.45) is 3.79. The Balaban J connectivity index is 1.98. The molecule has 2 aromatic rings. The first kappa shape index (κ1) is 15.7. The van der Waals surface area contributed by atoms with Gasteiger partial charge < -0.3 is 5.32 Å². The van der Waals surface area contributed by atoms with Crippen LogP contribution in [0.1, 0.15) is 18.2 Å². The van der Waals surface area contributed by atoms with E-state index < -0.39 is 10.0 Å². The number of H-pyrrole nitrogens is 1. The Bertz CT molecular complexity index is 675. The lowest BCUT2D eigenvalue weighted by atomic mass is 10.3. The Labute approximate surface area is 124 Å². The van der Waals surface area contributed by atoms with Gasteiger partial charge in [-0.05, 0) is 12.6 Å². The molecule has 0 saturated carbocycles. The second kappa shape index (κ2) is 6.83. The number of aromatic nitrogens is 4. The SMILES string of the molecule is CCNCc1cn[nH]c1S(=O)(=O)NCCc1ccnn1C. The number of aromatic amines is 1. The van der Waals surface area contributed by atoms with Crippen molar-refractivity contribution in [1.29, 1.82) is 0 Å². The minimum absolute atomic E-state index is 0.119. The van der Waals surface area contributed by atoms with Gasteiger partial charge in [0.15, 0.2) is 5.03 Å². The van der Waals surface area contributed by atoms with Crippen molar-refractivity contribution in [3.8, 4) is 0 Å². The van der Waals surface area contributed by atoms with E-state index in [1.807, 2.05) is 20.0 Å². The number of aryl methyl sites for hydroxylation is 1. The lowest BCUT2D eigenvalue weighted by molar-refractivity contribution is 0.572. The average Bonchev–Trinajstić information content (AvgIpc) is 3.06. The summed E-state index contributed by atoms with van der Waals surface area (Å²) in [5.74, 6) is 0. The third kappa shape index (κ3) is 3.90. The first-order valence-corrected chi connectivity index (χ1v) is 8.22. The summed E-state index contributed by atoms with van der Waals surface area (Å²) in [7, 11) is -1.76. The Morgan fingerprint density at radius 3 is 2.90 bits per heavy atom. The zero-order chi connectivity index (χ0) is 15.3. The highest BCUT2D eigenvalue weighted by molar-refractivity contribution is 7.89. The van der Waals surface area contributed by atoms with E-state index in [0.29, 0.717) is 25.1 Å². The fourth-order valence-corrected chi connectivity index (χ4v) is 3.11. The van der Waals surface area contributed by atoms with E-state index in [-0.39, 0.29) is 5.03 Å². The molecule has 21 heavy (non-hydrogen) atoms. The number of hydrogen-bond acceptors (Lipinski definition) is 5. The second-order valence-corrected chi connectivity index (χ2v) is 6.30. The molecule has 8 nitrogen and oxygen atoms in total. The number of rotatable bonds is 8. The summed E-state index contributed by atoms with van der Waals surface area (Å²) >= 11 is 0. The molecule has 116 valence electrons. The van der Waals surface area contributed by atoms with Crippen LogP contribution in [0.15, 0.2) is 23.5 Å². The van der Waals surface area contributed by atoms with Crippen molar-refractivity contribution in [2.45, 2.75) is 24.9 Å². The van der Waals surface area contributed by atoms with E-state index in [1.54, 1.807) is 10.9 Å². The Morgan fingerprint density at radius 1 is 1.43 bits per heavy atom. The third-order valence-corrected chi connectivity index (χ3v) is 4.58. The van der Waals surface area contributed by atoms with Crippen molar-refractivity contribution in [2.75, 3.05) is 13.1 Å². The predicted octanol–water partition coefficient (Wildman–Crippen LogP) is -0.226. The normalized spacial score (nSPS) is 11.9. The van der Waals surface area contributed by atoms with Gasteiger partial charge in [-0.25, -0.2) is 13.1 Å². The largest absolute Gasteiger partial charge is 0.313 e. The molecule has 0 unspecified atom stereocenters. The van der Waals surface area contributed by atoms with Crippen LogP contribution in [0.3, 0.4) is 0 Å². The molecule has 0 aliphatic carbocycles. The monoisotopic (exact) mass is 312 g/mol. The molecular formula is C12H20N6O2S. The van der Waals surface area contributed by atoms with Crippen LogP contribution < -0.4 is 10.0 Å². The number of sulfonamides is 1. The molecular weight excluding hydrogens is 292 g/mol. The molecule has 0 fully saturated rings. The van der Waals surface area contributed by atoms with E-state index in [4.69, 9.17) is 0 Å². The maximum absolute atomic E-state index is 12.3. The van der Waals surface area contributed by atoms with Gasteiger partial charge in [0, 0.05) is 44.0 Å². The highest BCUT2D eigenvalue weighted by Crippen LogP contribution is 2.11. The molecule has 2 aromatic heterocycles. The Morgan fingerprint density at radius 2 is 2.24 bits per heavy atom. The fraction of sp³-hybridized carbons (Fsp3) is 0.500. The van der Waals surface area contributed by atoms with Crippen molar-refractivity contribution in [3.05, 3.63) is 29.7 Å². The Hall–Kier alpha value is -1.71. The first-order valence-electron chi connectivity index (χ1n) is 6.74. The van der Waals surface area contributed by atoms with Gasteiger partial charge in [0.1, 0.15) is 0 Å². The van der Waals surface area contributed by atoms with Crippen molar-refractivity contribution >= 4 is 10.0 Å². The zero-order valence-electron chi connectivity index (χ0n) is 12.1.